The summed E-state index contributed by atoms with van der Waals surface area (Å²) in [5, 5.41) is 20.1. The lowest BCUT2D eigenvalue weighted by atomic mass is 10.1. The molecule has 116 valence electrons. The number of aliphatic hydroxyl groups is 1. The summed E-state index contributed by atoms with van der Waals surface area (Å²) < 4.78 is 5.55. The van der Waals surface area contributed by atoms with Gasteiger partial charge in [0.05, 0.1) is 13.0 Å². The van der Waals surface area contributed by atoms with Gasteiger partial charge in [-0.2, -0.15) is 0 Å². The lowest BCUT2D eigenvalue weighted by molar-refractivity contribution is -0.147. The highest BCUT2D eigenvalue weighted by molar-refractivity contribution is 5.76. The van der Waals surface area contributed by atoms with E-state index in [1.54, 1.807) is 0 Å². The highest BCUT2D eigenvalue weighted by Crippen LogP contribution is 2.19. The fourth-order valence-corrected chi connectivity index (χ4v) is 1.68. The van der Waals surface area contributed by atoms with Gasteiger partial charge in [-0.3, -0.25) is 4.79 Å². The second kappa shape index (κ2) is 8.26. The van der Waals surface area contributed by atoms with E-state index in [-0.39, 0.29) is 31.9 Å². The summed E-state index contributed by atoms with van der Waals surface area (Å²) in [6.07, 6.45) is -1.29. The molecule has 0 saturated carbocycles. The number of nitrogens with one attached hydrogen (secondary N) is 1. The van der Waals surface area contributed by atoms with Gasteiger partial charge in [0, 0.05) is 13.0 Å². The van der Waals surface area contributed by atoms with E-state index in [1.807, 2.05) is 32.0 Å². The number of ether oxygens (including phenoxy) is 1. The monoisotopic (exact) mass is 295 g/mol. The van der Waals surface area contributed by atoms with Crippen LogP contribution in [0.3, 0.4) is 0 Å². The molecule has 0 saturated heterocycles. The number of amides is 1. The molecule has 0 heterocycles. The van der Waals surface area contributed by atoms with Gasteiger partial charge in [-0.1, -0.05) is 12.1 Å². The highest BCUT2D eigenvalue weighted by atomic mass is 16.5. The van der Waals surface area contributed by atoms with Crippen molar-refractivity contribution >= 4 is 11.9 Å². The topological polar surface area (TPSA) is 95.9 Å². The second-order valence-electron chi connectivity index (χ2n) is 4.86. The zero-order chi connectivity index (χ0) is 15.8. The lowest BCUT2D eigenvalue weighted by Gasteiger charge is -2.10. The highest BCUT2D eigenvalue weighted by Gasteiger charge is 2.12. The largest absolute Gasteiger partial charge is 0.493 e. The van der Waals surface area contributed by atoms with Crippen molar-refractivity contribution < 1.29 is 24.5 Å². The number of aliphatic carboxylic acids is 1. The number of aliphatic hydroxyl groups excluding tert-OH is 1. The molecule has 1 aromatic carbocycles. The summed E-state index contributed by atoms with van der Waals surface area (Å²) in [6.45, 7) is 4.27. The first-order valence-corrected chi connectivity index (χ1v) is 6.77. The van der Waals surface area contributed by atoms with E-state index in [1.165, 1.54) is 0 Å². The minimum absolute atomic E-state index is 0.0150. The van der Waals surface area contributed by atoms with Crippen molar-refractivity contribution in [3.05, 3.63) is 29.3 Å². The van der Waals surface area contributed by atoms with Crippen molar-refractivity contribution in [2.75, 3.05) is 13.2 Å². The fraction of sp³-hybridized carbons (Fsp3) is 0.467. The van der Waals surface area contributed by atoms with Crippen LogP contribution in [0.2, 0.25) is 0 Å². The summed E-state index contributed by atoms with van der Waals surface area (Å²) in [6, 6.07) is 5.86. The molecule has 0 fully saturated rings. The van der Waals surface area contributed by atoms with Gasteiger partial charge >= 0.3 is 5.97 Å². The number of carboxylic acid groups (broad SMARTS) is 1. The number of benzene rings is 1. The number of carbonyl (C=O) groups excluding carboxylic acids is 1. The van der Waals surface area contributed by atoms with Gasteiger partial charge in [0.15, 0.2) is 6.10 Å². The first kappa shape index (κ1) is 17.0. The SMILES string of the molecule is Cc1ccc(C)c(OCCC(=O)NCC[C@H](O)C(=O)O)c1. The van der Waals surface area contributed by atoms with Crippen molar-refractivity contribution in [3.63, 3.8) is 0 Å². The quantitative estimate of drug-likeness (QED) is 0.665. The Kier molecular flexibility index (Phi) is 6.68. The number of carboxylic acids is 1. The van der Waals surface area contributed by atoms with Crippen LogP contribution in [0.5, 0.6) is 5.75 Å². The molecule has 0 unspecified atom stereocenters. The normalized spacial score (nSPS) is 11.8. The van der Waals surface area contributed by atoms with Gasteiger partial charge < -0.3 is 20.3 Å². The van der Waals surface area contributed by atoms with E-state index in [0.717, 1.165) is 16.9 Å². The number of hydrogen-bond acceptors (Lipinski definition) is 4. The fourth-order valence-electron chi connectivity index (χ4n) is 1.68. The summed E-state index contributed by atoms with van der Waals surface area (Å²) in [5.41, 5.74) is 2.09. The van der Waals surface area contributed by atoms with Gasteiger partial charge in [0.2, 0.25) is 5.91 Å². The lowest BCUT2D eigenvalue weighted by Crippen LogP contribution is -2.30. The third-order valence-corrected chi connectivity index (χ3v) is 2.96. The van der Waals surface area contributed by atoms with E-state index >= 15 is 0 Å². The van der Waals surface area contributed by atoms with Crippen LogP contribution < -0.4 is 10.1 Å². The van der Waals surface area contributed by atoms with Gasteiger partial charge in [-0.25, -0.2) is 4.79 Å². The maximum atomic E-state index is 11.5. The van der Waals surface area contributed by atoms with Crippen molar-refractivity contribution in [3.8, 4) is 5.75 Å². The maximum Gasteiger partial charge on any atom is 0.332 e. The Hall–Kier alpha value is -2.08. The molecule has 0 aromatic heterocycles. The van der Waals surface area contributed by atoms with E-state index < -0.39 is 12.1 Å². The average Bonchev–Trinajstić information content (AvgIpc) is 2.42. The van der Waals surface area contributed by atoms with Crippen LogP contribution in [0.15, 0.2) is 18.2 Å². The van der Waals surface area contributed by atoms with Crippen LogP contribution in [0.25, 0.3) is 0 Å². The van der Waals surface area contributed by atoms with Gasteiger partial charge in [-0.05, 0) is 31.0 Å². The predicted molar refractivity (Wildman–Crippen MR) is 77.3 cm³/mol. The Morgan fingerprint density at radius 2 is 2.05 bits per heavy atom. The predicted octanol–water partition coefficient (Wildman–Crippen LogP) is 1.02. The zero-order valence-electron chi connectivity index (χ0n) is 12.3. The van der Waals surface area contributed by atoms with Gasteiger partial charge in [-0.15, -0.1) is 0 Å². The summed E-state index contributed by atoms with van der Waals surface area (Å²) in [5.74, 6) is -0.774. The van der Waals surface area contributed by atoms with E-state index in [9.17, 15) is 9.59 Å². The molecule has 1 aromatic rings. The van der Waals surface area contributed by atoms with Crippen LogP contribution in [-0.2, 0) is 9.59 Å². The van der Waals surface area contributed by atoms with Crippen molar-refractivity contribution in [2.24, 2.45) is 0 Å². The van der Waals surface area contributed by atoms with Crippen LogP contribution in [-0.4, -0.2) is 41.3 Å². The molecule has 21 heavy (non-hydrogen) atoms. The number of hydrogen-bond donors (Lipinski definition) is 3. The van der Waals surface area contributed by atoms with Gasteiger partial charge in [0.1, 0.15) is 5.75 Å². The number of aryl methyl sites for hydroxylation is 2. The molecule has 1 atom stereocenters. The van der Waals surface area contributed by atoms with Crippen molar-refractivity contribution in [1.29, 1.82) is 0 Å². The minimum Gasteiger partial charge on any atom is -0.493 e. The Morgan fingerprint density at radius 1 is 1.33 bits per heavy atom. The standard InChI is InChI=1S/C15H21NO5/c1-10-3-4-11(2)13(9-10)21-8-6-14(18)16-7-5-12(17)15(19)20/h3-4,9,12,17H,5-8H2,1-2H3,(H,16,18)(H,19,20)/t12-/m0/s1. The van der Waals surface area contributed by atoms with Crippen molar-refractivity contribution in [1.82, 2.24) is 5.32 Å². The molecule has 6 heteroatoms. The van der Waals surface area contributed by atoms with E-state index in [2.05, 4.69) is 5.32 Å². The molecular weight excluding hydrogens is 274 g/mol. The van der Waals surface area contributed by atoms with E-state index in [4.69, 9.17) is 14.9 Å². The molecule has 1 amide bonds. The molecule has 0 aliphatic carbocycles. The summed E-state index contributed by atoms with van der Waals surface area (Å²) >= 11 is 0. The van der Waals surface area contributed by atoms with E-state index in [0.29, 0.717) is 0 Å². The number of rotatable bonds is 8. The zero-order valence-corrected chi connectivity index (χ0v) is 12.3. The third kappa shape index (κ3) is 6.27. The average molecular weight is 295 g/mol. The minimum atomic E-state index is -1.45. The molecule has 0 aliphatic rings. The Labute approximate surface area is 123 Å². The Bertz CT molecular complexity index is 501. The molecule has 0 aliphatic heterocycles. The Morgan fingerprint density at radius 3 is 2.71 bits per heavy atom. The molecular formula is C15H21NO5. The summed E-state index contributed by atoms with van der Waals surface area (Å²) in [4.78, 5) is 21.9. The molecule has 0 radical (unpaired) electrons. The third-order valence-electron chi connectivity index (χ3n) is 2.96. The number of carbonyl (C=O) groups is 2. The molecule has 1 rings (SSSR count). The Balaban J connectivity index is 2.24. The molecule has 0 bridgehead atoms. The smallest absolute Gasteiger partial charge is 0.332 e. The first-order valence-electron chi connectivity index (χ1n) is 6.77. The van der Waals surface area contributed by atoms with Crippen molar-refractivity contribution in [2.45, 2.75) is 32.8 Å². The summed E-state index contributed by atoms with van der Waals surface area (Å²) in [7, 11) is 0. The van der Waals surface area contributed by atoms with Crippen LogP contribution >= 0.6 is 0 Å². The molecule has 3 N–H and O–H groups in total. The molecule has 0 spiro atoms. The first-order chi connectivity index (χ1) is 9.90. The van der Waals surface area contributed by atoms with Crippen LogP contribution in [0.4, 0.5) is 0 Å². The van der Waals surface area contributed by atoms with Crippen LogP contribution in [0, 0.1) is 13.8 Å². The molecule has 6 nitrogen and oxygen atoms in total. The second-order valence-corrected chi connectivity index (χ2v) is 4.86. The van der Waals surface area contributed by atoms with Gasteiger partial charge in [0.25, 0.3) is 0 Å². The maximum absolute atomic E-state index is 11.5. The van der Waals surface area contributed by atoms with Crippen LogP contribution in [0.1, 0.15) is 24.0 Å².